The molecule has 0 saturated heterocycles. The summed E-state index contributed by atoms with van der Waals surface area (Å²) in [6.45, 7) is 4.94. The Morgan fingerprint density at radius 2 is 1.74 bits per heavy atom. The zero-order valence-corrected chi connectivity index (χ0v) is 12.7. The van der Waals surface area contributed by atoms with Gasteiger partial charge in [-0.05, 0) is 42.9 Å². The number of aliphatic hydroxyl groups excluding tert-OH is 1. The van der Waals surface area contributed by atoms with Crippen LogP contribution in [-0.4, -0.2) is 24.8 Å². The van der Waals surface area contributed by atoms with Gasteiger partial charge in [-0.25, -0.2) is 0 Å². The van der Waals surface area contributed by atoms with Gasteiger partial charge in [0.1, 0.15) is 0 Å². The lowest BCUT2D eigenvalue weighted by Crippen LogP contribution is -2.19. The highest BCUT2D eigenvalue weighted by Gasteiger charge is 2.37. The first-order valence-corrected chi connectivity index (χ1v) is 7.77. The molecule has 1 rings (SSSR count). The Hall–Kier alpha value is -0.570. The summed E-state index contributed by atoms with van der Waals surface area (Å²) in [4.78, 5) is 11.0. The summed E-state index contributed by atoms with van der Waals surface area (Å²) in [5, 5.41) is 9.50. The lowest BCUT2D eigenvalue weighted by atomic mass is 9.84. The number of methoxy groups -OCH3 is 1. The number of carbonyl (C=O) groups is 1. The molecule has 0 aromatic heterocycles. The van der Waals surface area contributed by atoms with Crippen LogP contribution < -0.4 is 0 Å². The minimum Gasteiger partial charge on any atom is -0.469 e. The fourth-order valence-corrected chi connectivity index (χ4v) is 3.70. The van der Waals surface area contributed by atoms with Gasteiger partial charge in [-0.3, -0.25) is 4.79 Å². The topological polar surface area (TPSA) is 46.5 Å². The molecular formula is C16H30O3. The SMILES string of the molecule is COC(=O)CCCCCC[C@@H]1[C@@H](CO)[C@H](C)C[C@@H]1C. The molecule has 0 aromatic rings. The zero-order chi connectivity index (χ0) is 14.3. The second-order valence-corrected chi connectivity index (χ2v) is 6.23. The maximum Gasteiger partial charge on any atom is 0.305 e. The van der Waals surface area contributed by atoms with Crippen molar-refractivity contribution >= 4 is 5.97 Å². The van der Waals surface area contributed by atoms with Crippen LogP contribution in [0.3, 0.4) is 0 Å². The van der Waals surface area contributed by atoms with Gasteiger partial charge in [0.25, 0.3) is 0 Å². The van der Waals surface area contributed by atoms with Crippen LogP contribution in [0.4, 0.5) is 0 Å². The highest BCUT2D eigenvalue weighted by atomic mass is 16.5. The number of unbranched alkanes of at least 4 members (excludes halogenated alkanes) is 3. The summed E-state index contributed by atoms with van der Waals surface area (Å²) >= 11 is 0. The summed E-state index contributed by atoms with van der Waals surface area (Å²) in [6.07, 6.45) is 7.49. The van der Waals surface area contributed by atoms with Crippen molar-refractivity contribution in [3.63, 3.8) is 0 Å². The summed E-state index contributed by atoms with van der Waals surface area (Å²) in [5.41, 5.74) is 0. The summed E-state index contributed by atoms with van der Waals surface area (Å²) < 4.78 is 4.63. The van der Waals surface area contributed by atoms with Crippen molar-refractivity contribution in [1.82, 2.24) is 0 Å². The van der Waals surface area contributed by atoms with E-state index >= 15 is 0 Å². The van der Waals surface area contributed by atoms with Gasteiger partial charge < -0.3 is 9.84 Å². The van der Waals surface area contributed by atoms with Gasteiger partial charge in [0.2, 0.25) is 0 Å². The van der Waals surface area contributed by atoms with Gasteiger partial charge in [0, 0.05) is 13.0 Å². The zero-order valence-electron chi connectivity index (χ0n) is 12.7. The molecule has 0 aromatic carbocycles. The van der Waals surface area contributed by atoms with Crippen molar-refractivity contribution in [2.24, 2.45) is 23.7 Å². The number of esters is 1. The van der Waals surface area contributed by atoms with Crippen molar-refractivity contribution in [3.05, 3.63) is 0 Å². The first-order chi connectivity index (χ1) is 9.10. The minimum absolute atomic E-state index is 0.0985. The summed E-state index contributed by atoms with van der Waals surface area (Å²) in [7, 11) is 1.44. The fraction of sp³-hybridized carbons (Fsp3) is 0.938. The number of ether oxygens (including phenoxy) is 1. The molecule has 112 valence electrons. The van der Waals surface area contributed by atoms with Crippen LogP contribution in [0.2, 0.25) is 0 Å². The molecule has 1 saturated carbocycles. The van der Waals surface area contributed by atoms with Crippen LogP contribution in [0.5, 0.6) is 0 Å². The molecule has 3 heteroatoms. The van der Waals surface area contributed by atoms with Crippen molar-refractivity contribution in [2.45, 2.75) is 58.8 Å². The van der Waals surface area contributed by atoms with E-state index in [0.29, 0.717) is 30.8 Å². The van der Waals surface area contributed by atoms with Crippen LogP contribution in [0.25, 0.3) is 0 Å². The van der Waals surface area contributed by atoms with Crippen LogP contribution in [0, 0.1) is 23.7 Å². The molecule has 19 heavy (non-hydrogen) atoms. The number of hydrogen-bond donors (Lipinski definition) is 1. The maximum absolute atomic E-state index is 11.0. The molecule has 1 N–H and O–H groups in total. The average molecular weight is 270 g/mol. The molecule has 1 aliphatic carbocycles. The monoisotopic (exact) mass is 270 g/mol. The molecule has 4 atom stereocenters. The van der Waals surface area contributed by atoms with Crippen molar-refractivity contribution in [1.29, 1.82) is 0 Å². The molecular weight excluding hydrogens is 240 g/mol. The Kier molecular flexibility index (Phi) is 7.44. The van der Waals surface area contributed by atoms with Gasteiger partial charge in [-0.15, -0.1) is 0 Å². The predicted molar refractivity (Wildman–Crippen MR) is 76.7 cm³/mol. The van der Waals surface area contributed by atoms with E-state index in [1.807, 2.05) is 0 Å². The molecule has 0 heterocycles. The lowest BCUT2D eigenvalue weighted by Gasteiger charge is -2.22. The minimum atomic E-state index is -0.0985. The molecule has 0 bridgehead atoms. The second kappa shape index (κ2) is 8.57. The molecule has 0 unspecified atom stereocenters. The fourth-order valence-electron chi connectivity index (χ4n) is 3.70. The lowest BCUT2D eigenvalue weighted by molar-refractivity contribution is -0.140. The van der Waals surface area contributed by atoms with E-state index in [-0.39, 0.29) is 5.97 Å². The maximum atomic E-state index is 11.0. The van der Waals surface area contributed by atoms with Crippen molar-refractivity contribution in [3.8, 4) is 0 Å². The molecule has 3 nitrogen and oxygen atoms in total. The third-order valence-corrected chi connectivity index (χ3v) is 4.86. The van der Waals surface area contributed by atoms with Gasteiger partial charge in [-0.1, -0.05) is 33.1 Å². The highest BCUT2D eigenvalue weighted by molar-refractivity contribution is 5.68. The summed E-state index contributed by atoms with van der Waals surface area (Å²) in [6, 6.07) is 0. The first-order valence-electron chi connectivity index (χ1n) is 7.77. The van der Waals surface area contributed by atoms with Gasteiger partial charge in [-0.2, -0.15) is 0 Å². The third kappa shape index (κ3) is 5.13. The van der Waals surface area contributed by atoms with Gasteiger partial charge >= 0.3 is 5.97 Å². The highest BCUT2D eigenvalue weighted by Crippen LogP contribution is 2.43. The molecule has 1 fully saturated rings. The van der Waals surface area contributed by atoms with E-state index < -0.39 is 0 Å². The Balaban J connectivity index is 2.13. The van der Waals surface area contributed by atoms with E-state index in [4.69, 9.17) is 0 Å². The molecule has 0 radical (unpaired) electrons. The van der Waals surface area contributed by atoms with Gasteiger partial charge in [0.05, 0.1) is 7.11 Å². The number of aliphatic hydroxyl groups is 1. The molecule has 1 aliphatic rings. The Labute approximate surface area is 117 Å². The van der Waals surface area contributed by atoms with E-state index in [2.05, 4.69) is 18.6 Å². The third-order valence-electron chi connectivity index (χ3n) is 4.86. The Bertz CT molecular complexity index is 265. The van der Waals surface area contributed by atoms with E-state index in [9.17, 15) is 9.90 Å². The van der Waals surface area contributed by atoms with Crippen molar-refractivity contribution < 1.29 is 14.6 Å². The van der Waals surface area contributed by atoms with Gasteiger partial charge in [0.15, 0.2) is 0 Å². The molecule has 0 spiro atoms. The van der Waals surface area contributed by atoms with Crippen LogP contribution in [0.1, 0.15) is 58.8 Å². The largest absolute Gasteiger partial charge is 0.469 e. The Morgan fingerprint density at radius 1 is 1.11 bits per heavy atom. The number of rotatable bonds is 8. The quantitative estimate of drug-likeness (QED) is 0.543. The van der Waals surface area contributed by atoms with Crippen LogP contribution in [0.15, 0.2) is 0 Å². The van der Waals surface area contributed by atoms with Crippen LogP contribution in [-0.2, 0) is 9.53 Å². The standard InChI is InChI=1S/C16H30O3/c1-12-10-13(2)15(11-17)14(12)8-6-4-5-7-9-16(18)19-3/h12-15,17H,4-11H2,1-3H3/t12-,13+,14-,15-/m0/s1. The smallest absolute Gasteiger partial charge is 0.305 e. The van der Waals surface area contributed by atoms with Crippen molar-refractivity contribution in [2.75, 3.05) is 13.7 Å². The normalized spacial score (nSPS) is 30.5. The predicted octanol–water partition coefficient (Wildman–Crippen LogP) is 3.40. The first kappa shape index (κ1) is 16.5. The second-order valence-electron chi connectivity index (χ2n) is 6.23. The Morgan fingerprint density at radius 3 is 2.37 bits per heavy atom. The average Bonchev–Trinajstić information content (AvgIpc) is 2.67. The summed E-state index contributed by atoms with van der Waals surface area (Å²) in [5.74, 6) is 2.52. The van der Waals surface area contributed by atoms with Crippen LogP contribution >= 0.6 is 0 Å². The van der Waals surface area contributed by atoms with E-state index in [0.717, 1.165) is 18.8 Å². The number of hydrogen-bond acceptors (Lipinski definition) is 3. The van der Waals surface area contributed by atoms with E-state index in [1.54, 1.807) is 0 Å². The van der Waals surface area contributed by atoms with E-state index in [1.165, 1.54) is 32.8 Å². The molecule has 0 aliphatic heterocycles. The number of carbonyl (C=O) groups excluding carboxylic acids is 1. The molecule has 0 amide bonds.